The molecule has 0 unspecified atom stereocenters. The largest absolute Gasteiger partial charge is 0.377 e. The number of benzene rings is 2. The summed E-state index contributed by atoms with van der Waals surface area (Å²) >= 11 is 0. The van der Waals surface area contributed by atoms with Gasteiger partial charge in [0, 0.05) is 37.3 Å². The summed E-state index contributed by atoms with van der Waals surface area (Å²) in [6.07, 6.45) is 3.92. The van der Waals surface area contributed by atoms with Crippen molar-refractivity contribution in [3.63, 3.8) is 0 Å². The quantitative estimate of drug-likeness (QED) is 0.361. The Balaban J connectivity index is 1.44. The smallest absolute Gasteiger partial charge is 0.252 e. The van der Waals surface area contributed by atoms with E-state index in [9.17, 15) is 4.79 Å². The molecule has 2 aromatic carbocycles. The minimum Gasteiger partial charge on any atom is -0.377 e. The Kier molecular flexibility index (Phi) is 7.53. The number of nitrogens with one attached hydrogen (secondary N) is 1. The first-order valence-corrected chi connectivity index (χ1v) is 12.9. The number of fused-ring (bicyclic) bond motifs is 1. The number of hydrogen-bond acceptors (Lipinski definition) is 6. The maximum atomic E-state index is 13.1. The van der Waals surface area contributed by atoms with E-state index < -0.39 is 0 Å². The fourth-order valence-corrected chi connectivity index (χ4v) is 5.15. The summed E-state index contributed by atoms with van der Waals surface area (Å²) in [5.41, 5.74) is 3.97. The minimum atomic E-state index is -0.0535. The monoisotopic (exact) mass is 486 g/mol. The highest BCUT2D eigenvalue weighted by atomic mass is 16.5. The Bertz CT molecular complexity index is 1340. The van der Waals surface area contributed by atoms with Crippen LogP contribution in [0.4, 0.5) is 0 Å². The van der Waals surface area contributed by atoms with Gasteiger partial charge in [-0.3, -0.25) is 9.69 Å². The normalized spacial score (nSPS) is 16.7. The van der Waals surface area contributed by atoms with Gasteiger partial charge < -0.3 is 9.72 Å². The molecule has 1 N–H and O–H groups in total. The van der Waals surface area contributed by atoms with Gasteiger partial charge >= 0.3 is 0 Å². The lowest BCUT2D eigenvalue weighted by atomic mass is 10.1. The van der Waals surface area contributed by atoms with Crippen molar-refractivity contribution < 1.29 is 4.74 Å². The maximum Gasteiger partial charge on any atom is 0.252 e. The number of hydrogen-bond donors (Lipinski definition) is 1. The van der Waals surface area contributed by atoms with Gasteiger partial charge in [0.05, 0.1) is 12.1 Å². The van der Waals surface area contributed by atoms with E-state index in [-0.39, 0.29) is 17.7 Å². The first kappa shape index (κ1) is 24.3. The molecule has 2 atom stereocenters. The number of nitrogens with zero attached hydrogens (tertiary/aromatic N) is 5. The molecule has 0 aliphatic carbocycles. The van der Waals surface area contributed by atoms with Gasteiger partial charge in [0.1, 0.15) is 0 Å². The number of H-pyrrole nitrogens is 1. The topological polar surface area (TPSA) is 88.9 Å². The van der Waals surface area contributed by atoms with E-state index in [4.69, 9.17) is 4.74 Å². The van der Waals surface area contributed by atoms with Crippen LogP contribution in [0.5, 0.6) is 0 Å². The van der Waals surface area contributed by atoms with Crippen molar-refractivity contribution in [2.45, 2.75) is 64.8 Å². The second-order valence-electron chi connectivity index (χ2n) is 9.70. The van der Waals surface area contributed by atoms with Crippen molar-refractivity contribution in [3.05, 3.63) is 87.5 Å². The minimum absolute atomic E-state index is 0.0346. The molecule has 1 saturated heterocycles. The van der Waals surface area contributed by atoms with Gasteiger partial charge in [0.25, 0.3) is 5.56 Å². The number of ether oxygens (including phenoxy) is 1. The predicted molar refractivity (Wildman–Crippen MR) is 140 cm³/mol. The molecule has 8 nitrogen and oxygen atoms in total. The third kappa shape index (κ3) is 5.55. The molecule has 2 aromatic heterocycles. The zero-order chi connectivity index (χ0) is 24.9. The van der Waals surface area contributed by atoms with Gasteiger partial charge in [-0.2, -0.15) is 0 Å². The molecule has 0 amide bonds. The molecular weight excluding hydrogens is 452 g/mol. The van der Waals surface area contributed by atoms with Crippen LogP contribution in [0.3, 0.4) is 0 Å². The van der Waals surface area contributed by atoms with Gasteiger partial charge in [0.2, 0.25) is 0 Å². The van der Waals surface area contributed by atoms with Gasteiger partial charge in [-0.25, -0.2) is 4.68 Å². The lowest BCUT2D eigenvalue weighted by Gasteiger charge is -2.32. The van der Waals surface area contributed by atoms with Crippen LogP contribution in [0, 0.1) is 6.92 Å². The van der Waals surface area contributed by atoms with Crippen molar-refractivity contribution in [2.75, 3.05) is 13.2 Å². The van der Waals surface area contributed by atoms with E-state index in [0.29, 0.717) is 13.1 Å². The van der Waals surface area contributed by atoms with Crippen molar-refractivity contribution in [1.29, 1.82) is 0 Å². The lowest BCUT2D eigenvalue weighted by molar-refractivity contribution is 0.0488. The van der Waals surface area contributed by atoms with Crippen LogP contribution < -0.4 is 5.56 Å². The molecule has 8 heteroatoms. The van der Waals surface area contributed by atoms with Crippen LogP contribution >= 0.6 is 0 Å². The third-order valence-electron chi connectivity index (χ3n) is 7.05. The summed E-state index contributed by atoms with van der Waals surface area (Å²) < 4.78 is 7.91. The highest BCUT2D eigenvalue weighted by Crippen LogP contribution is 2.27. The van der Waals surface area contributed by atoms with Crippen LogP contribution in [0.1, 0.15) is 54.7 Å². The average Bonchev–Trinajstić information content (AvgIpc) is 3.57. The van der Waals surface area contributed by atoms with Crippen LogP contribution in [-0.2, 0) is 24.2 Å². The fourth-order valence-electron chi connectivity index (χ4n) is 5.15. The summed E-state index contributed by atoms with van der Waals surface area (Å²) in [6.45, 7) is 6.94. The van der Waals surface area contributed by atoms with Crippen LogP contribution in [-0.4, -0.2) is 49.3 Å². The second kappa shape index (κ2) is 11.1. The molecule has 1 aliphatic rings. The predicted octanol–water partition coefficient (Wildman–Crippen LogP) is 4.20. The van der Waals surface area contributed by atoms with Crippen LogP contribution in [0.25, 0.3) is 10.9 Å². The molecule has 1 aliphatic heterocycles. The number of aromatic amines is 1. The maximum absolute atomic E-state index is 13.1. The first-order chi connectivity index (χ1) is 17.6. The second-order valence-corrected chi connectivity index (χ2v) is 9.70. The first-order valence-electron chi connectivity index (χ1n) is 12.9. The zero-order valence-electron chi connectivity index (χ0n) is 21.1. The zero-order valence-corrected chi connectivity index (χ0v) is 21.1. The summed E-state index contributed by atoms with van der Waals surface area (Å²) in [5.74, 6) is 0.833. The van der Waals surface area contributed by atoms with E-state index >= 15 is 0 Å². The van der Waals surface area contributed by atoms with Gasteiger partial charge in [-0.15, -0.1) is 5.10 Å². The highest BCUT2D eigenvalue weighted by Gasteiger charge is 2.29. The van der Waals surface area contributed by atoms with E-state index in [2.05, 4.69) is 69.6 Å². The average molecular weight is 487 g/mol. The standard InChI is InChI=1S/C28H34N6O2/c1-3-26(27-30-31-32-34(27)14-13-21-8-5-4-6-9-21)33(19-24-10-7-15-36-24)18-23-17-22-16-20(2)11-12-25(22)29-28(23)35/h4-6,8-9,11-12,16-17,24,26H,3,7,10,13-15,18-19H2,1-2H3,(H,29,35)/t24-,26-/m0/s1. The summed E-state index contributed by atoms with van der Waals surface area (Å²) in [4.78, 5) is 18.4. The summed E-state index contributed by atoms with van der Waals surface area (Å²) in [7, 11) is 0. The SMILES string of the molecule is CC[C@@H](c1nnnn1CCc1ccccc1)N(Cc1cc2cc(C)ccc2[nH]c1=O)C[C@@H]1CCCO1. The Morgan fingerprint density at radius 2 is 2.06 bits per heavy atom. The number of aromatic nitrogens is 5. The number of tetrazole rings is 1. The Labute approximate surface area is 211 Å². The van der Waals surface area contributed by atoms with E-state index in [1.165, 1.54) is 11.1 Å². The van der Waals surface area contributed by atoms with Crippen molar-refractivity contribution in [2.24, 2.45) is 0 Å². The molecule has 0 spiro atoms. The molecule has 0 saturated carbocycles. The molecule has 188 valence electrons. The summed E-state index contributed by atoms with van der Waals surface area (Å²) in [6, 6.07) is 18.5. The molecule has 0 bridgehead atoms. The molecule has 4 aromatic rings. The van der Waals surface area contributed by atoms with Crippen molar-refractivity contribution in [3.8, 4) is 0 Å². The fraction of sp³-hybridized carbons (Fsp3) is 0.429. The van der Waals surface area contributed by atoms with Crippen LogP contribution in [0.2, 0.25) is 0 Å². The molecular formula is C28H34N6O2. The highest BCUT2D eigenvalue weighted by molar-refractivity contribution is 5.79. The number of aryl methyl sites for hydroxylation is 3. The summed E-state index contributed by atoms with van der Waals surface area (Å²) in [5, 5.41) is 13.8. The van der Waals surface area contributed by atoms with Crippen LogP contribution in [0.15, 0.2) is 59.4 Å². The number of rotatable bonds is 10. The molecule has 0 radical (unpaired) electrons. The number of pyridine rings is 1. The van der Waals surface area contributed by atoms with Gasteiger partial charge in [0.15, 0.2) is 5.82 Å². The van der Waals surface area contributed by atoms with Gasteiger partial charge in [-0.1, -0.05) is 48.9 Å². The Hall–Kier alpha value is -3.36. The van der Waals surface area contributed by atoms with E-state index in [1.807, 2.05) is 28.9 Å². The third-order valence-corrected chi connectivity index (χ3v) is 7.05. The molecule has 36 heavy (non-hydrogen) atoms. The van der Waals surface area contributed by atoms with Crippen molar-refractivity contribution in [1.82, 2.24) is 30.1 Å². The van der Waals surface area contributed by atoms with Crippen molar-refractivity contribution >= 4 is 10.9 Å². The van der Waals surface area contributed by atoms with E-state index in [1.54, 1.807) is 0 Å². The molecule has 1 fully saturated rings. The molecule has 3 heterocycles. The van der Waals surface area contributed by atoms with Gasteiger partial charge in [-0.05, 0) is 72.2 Å². The van der Waals surface area contributed by atoms with E-state index in [0.717, 1.165) is 61.1 Å². The molecule has 5 rings (SSSR count). The Morgan fingerprint density at radius 1 is 1.19 bits per heavy atom. The Morgan fingerprint density at radius 3 is 2.83 bits per heavy atom. The lowest BCUT2D eigenvalue weighted by Crippen LogP contribution is -2.37.